The number of amidine groups is 1. The van der Waals surface area contributed by atoms with Crippen LogP contribution in [0.15, 0.2) is 45.6 Å². The number of rotatable bonds is 2. The summed E-state index contributed by atoms with van der Waals surface area (Å²) in [7, 11) is 3.61. The van der Waals surface area contributed by atoms with Gasteiger partial charge in [-0.15, -0.1) is 0 Å². The standard InChI is InChI=1S/C18H23N7O/c1-10(2)11-5-7-12(8-6-11)25-14(26)9-13(15(25)19)16-21-17(20)23-18(22-16)24(3)4/h5-8,10,19H,9H2,1-4H3,(H3,20,21,22,23)/b16-13+,19-15?. The van der Waals surface area contributed by atoms with Gasteiger partial charge >= 0.3 is 0 Å². The van der Waals surface area contributed by atoms with E-state index in [0.29, 0.717) is 29.0 Å². The monoisotopic (exact) mass is 353 g/mol. The molecule has 2 heterocycles. The summed E-state index contributed by atoms with van der Waals surface area (Å²) >= 11 is 0. The highest BCUT2D eigenvalue weighted by Crippen LogP contribution is 2.29. The van der Waals surface area contributed by atoms with Gasteiger partial charge in [0.2, 0.25) is 17.8 Å². The molecule has 26 heavy (non-hydrogen) atoms. The van der Waals surface area contributed by atoms with Crippen LogP contribution in [0.25, 0.3) is 0 Å². The first-order valence-corrected chi connectivity index (χ1v) is 8.40. The molecule has 0 bridgehead atoms. The average Bonchev–Trinajstić information content (AvgIpc) is 2.89. The van der Waals surface area contributed by atoms with E-state index in [1.54, 1.807) is 19.0 Å². The topological polar surface area (TPSA) is 110 Å². The molecular formula is C18H23N7O. The predicted octanol–water partition coefficient (Wildman–Crippen LogP) is 1.57. The van der Waals surface area contributed by atoms with Crippen LogP contribution in [0, 0.1) is 5.41 Å². The molecule has 0 radical (unpaired) electrons. The summed E-state index contributed by atoms with van der Waals surface area (Å²) in [5.74, 6) is 1.34. The number of nitrogens with two attached hydrogens (primary N) is 1. The van der Waals surface area contributed by atoms with Crippen molar-refractivity contribution >= 4 is 29.3 Å². The van der Waals surface area contributed by atoms with Gasteiger partial charge in [0.05, 0.1) is 12.1 Å². The number of hydrogen-bond acceptors (Lipinski definition) is 7. The molecule has 0 atom stereocenters. The third-order valence-electron chi connectivity index (χ3n) is 4.27. The van der Waals surface area contributed by atoms with Crippen molar-refractivity contribution in [2.75, 3.05) is 19.0 Å². The first-order chi connectivity index (χ1) is 12.3. The Morgan fingerprint density at radius 3 is 2.46 bits per heavy atom. The van der Waals surface area contributed by atoms with Crippen molar-refractivity contribution in [3.63, 3.8) is 0 Å². The maximum Gasteiger partial charge on any atom is 0.237 e. The molecule has 1 amide bonds. The van der Waals surface area contributed by atoms with Crippen molar-refractivity contribution in [2.45, 2.75) is 26.2 Å². The molecule has 0 spiro atoms. The summed E-state index contributed by atoms with van der Waals surface area (Å²) in [5, 5.41) is 11.4. The van der Waals surface area contributed by atoms with E-state index in [9.17, 15) is 4.79 Å². The number of benzene rings is 1. The van der Waals surface area contributed by atoms with Crippen LogP contribution < -0.4 is 16.0 Å². The minimum Gasteiger partial charge on any atom is -0.369 e. The lowest BCUT2D eigenvalue weighted by molar-refractivity contribution is -0.116. The van der Waals surface area contributed by atoms with E-state index in [1.807, 2.05) is 24.3 Å². The molecule has 8 heteroatoms. The summed E-state index contributed by atoms with van der Waals surface area (Å²) in [6.45, 7) is 4.23. The molecule has 2 aliphatic rings. The minimum atomic E-state index is -0.167. The fourth-order valence-electron chi connectivity index (χ4n) is 2.80. The van der Waals surface area contributed by atoms with E-state index in [1.165, 1.54) is 10.5 Å². The van der Waals surface area contributed by atoms with Crippen LogP contribution in [0.5, 0.6) is 0 Å². The first kappa shape index (κ1) is 17.7. The molecule has 1 aromatic carbocycles. The molecule has 1 aromatic rings. The van der Waals surface area contributed by atoms with Crippen LogP contribution in [-0.2, 0) is 4.79 Å². The summed E-state index contributed by atoms with van der Waals surface area (Å²) in [6, 6.07) is 7.71. The normalized spacial score (nSPS) is 20.3. The van der Waals surface area contributed by atoms with Gasteiger partial charge in [-0.3, -0.25) is 15.1 Å². The molecule has 3 rings (SSSR count). The molecule has 0 aliphatic carbocycles. The van der Waals surface area contributed by atoms with Gasteiger partial charge in [0.25, 0.3) is 0 Å². The number of guanidine groups is 2. The average molecular weight is 353 g/mol. The van der Waals surface area contributed by atoms with Gasteiger partial charge < -0.3 is 16.0 Å². The summed E-state index contributed by atoms with van der Waals surface area (Å²) in [6.07, 6.45) is 0.0879. The van der Waals surface area contributed by atoms with Gasteiger partial charge in [-0.1, -0.05) is 26.0 Å². The first-order valence-electron chi connectivity index (χ1n) is 8.40. The molecule has 4 N–H and O–H groups in total. The lowest BCUT2D eigenvalue weighted by Crippen LogP contribution is -2.39. The Hall–Kier alpha value is -3.16. The van der Waals surface area contributed by atoms with Crippen LogP contribution in [0.2, 0.25) is 0 Å². The lowest BCUT2D eigenvalue weighted by Gasteiger charge is -2.20. The van der Waals surface area contributed by atoms with E-state index in [0.717, 1.165) is 0 Å². The Morgan fingerprint density at radius 1 is 1.23 bits per heavy atom. The van der Waals surface area contributed by atoms with Crippen molar-refractivity contribution in [1.29, 1.82) is 5.41 Å². The maximum atomic E-state index is 12.6. The van der Waals surface area contributed by atoms with Crippen LogP contribution in [0.4, 0.5) is 5.69 Å². The van der Waals surface area contributed by atoms with Gasteiger partial charge in [0.15, 0.2) is 0 Å². The third kappa shape index (κ3) is 3.17. The number of hydrogen-bond donors (Lipinski definition) is 3. The van der Waals surface area contributed by atoms with Crippen molar-refractivity contribution in [1.82, 2.24) is 10.2 Å². The SMILES string of the molecule is CC(C)c1ccc(N2C(=N)/C(=C3/N=C(N(C)C)N=C(N)N3)CC2=O)cc1. The van der Waals surface area contributed by atoms with Gasteiger partial charge in [0, 0.05) is 19.7 Å². The highest BCUT2D eigenvalue weighted by atomic mass is 16.2. The van der Waals surface area contributed by atoms with Gasteiger partial charge in [-0.25, -0.2) is 0 Å². The van der Waals surface area contributed by atoms with Crippen molar-refractivity contribution in [3.8, 4) is 0 Å². The maximum absolute atomic E-state index is 12.6. The van der Waals surface area contributed by atoms with E-state index in [-0.39, 0.29) is 24.1 Å². The molecule has 0 saturated carbocycles. The number of anilines is 1. The molecule has 0 unspecified atom stereocenters. The molecule has 136 valence electrons. The van der Waals surface area contributed by atoms with Crippen LogP contribution >= 0.6 is 0 Å². The second-order valence-electron chi connectivity index (χ2n) is 6.76. The van der Waals surface area contributed by atoms with Crippen LogP contribution in [0.1, 0.15) is 31.7 Å². The third-order valence-corrected chi connectivity index (χ3v) is 4.27. The molecular weight excluding hydrogens is 330 g/mol. The smallest absolute Gasteiger partial charge is 0.237 e. The fraction of sp³-hybridized carbons (Fsp3) is 0.333. The number of carbonyl (C=O) groups excluding carboxylic acids is 1. The Balaban J connectivity index is 1.95. The second kappa shape index (κ2) is 6.62. The molecule has 0 aromatic heterocycles. The summed E-state index contributed by atoms with van der Waals surface area (Å²) in [4.78, 5) is 24.2. The quantitative estimate of drug-likeness (QED) is 0.749. The number of carbonyl (C=O) groups is 1. The Labute approximate surface area is 152 Å². The lowest BCUT2D eigenvalue weighted by atomic mass is 10.0. The van der Waals surface area contributed by atoms with Crippen LogP contribution in [0.3, 0.4) is 0 Å². The number of aliphatic imine (C=N–C) groups is 2. The predicted molar refractivity (Wildman–Crippen MR) is 103 cm³/mol. The van der Waals surface area contributed by atoms with E-state index in [2.05, 4.69) is 29.1 Å². The fourth-order valence-corrected chi connectivity index (χ4v) is 2.80. The van der Waals surface area contributed by atoms with E-state index < -0.39 is 0 Å². The summed E-state index contributed by atoms with van der Waals surface area (Å²) < 4.78 is 0. The Bertz CT molecular complexity index is 847. The zero-order valence-electron chi connectivity index (χ0n) is 15.4. The van der Waals surface area contributed by atoms with Crippen molar-refractivity contribution in [3.05, 3.63) is 41.2 Å². The largest absolute Gasteiger partial charge is 0.369 e. The van der Waals surface area contributed by atoms with Crippen LogP contribution in [-0.4, -0.2) is 42.7 Å². The zero-order valence-corrected chi connectivity index (χ0v) is 15.4. The Kier molecular flexibility index (Phi) is 4.50. The minimum absolute atomic E-state index is 0.0879. The molecule has 1 fully saturated rings. The highest BCUT2D eigenvalue weighted by molar-refractivity contribution is 6.29. The molecule has 2 aliphatic heterocycles. The van der Waals surface area contributed by atoms with Crippen molar-refractivity contribution < 1.29 is 4.79 Å². The van der Waals surface area contributed by atoms with E-state index >= 15 is 0 Å². The highest BCUT2D eigenvalue weighted by Gasteiger charge is 2.35. The number of nitrogens with one attached hydrogen (secondary N) is 2. The van der Waals surface area contributed by atoms with E-state index in [4.69, 9.17) is 11.1 Å². The Morgan fingerprint density at radius 2 is 1.88 bits per heavy atom. The zero-order chi connectivity index (χ0) is 19.0. The summed E-state index contributed by atoms with van der Waals surface area (Å²) in [5.41, 5.74) is 8.18. The molecule has 8 nitrogen and oxygen atoms in total. The van der Waals surface area contributed by atoms with Gasteiger partial charge in [-0.2, -0.15) is 9.98 Å². The van der Waals surface area contributed by atoms with Gasteiger partial charge in [-0.05, 0) is 23.6 Å². The molecule has 1 saturated heterocycles. The van der Waals surface area contributed by atoms with Crippen molar-refractivity contribution in [2.24, 2.45) is 15.7 Å². The second-order valence-corrected chi connectivity index (χ2v) is 6.76. The number of amides is 1. The van der Waals surface area contributed by atoms with Gasteiger partial charge in [0.1, 0.15) is 11.7 Å². The number of nitrogens with zero attached hydrogens (tertiary/aromatic N) is 4.